The number of para-hydroxylation sites is 1. The van der Waals surface area contributed by atoms with Crippen LogP contribution in [-0.2, 0) is 11.2 Å². The summed E-state index contributed by atoms with van der Waals surface area (Å²) in [6, 6.07) is 10.5. The number of hydrogen-bond acceptors (Lipinski definition) is 3. The van der Waals surface area contributed by atoms with E-state index < -0.39 is 5.41 Å². The van der Waals surface area contributed by atoms with Gasteiger partial charge in [-0.2, -0.15) is 5.26 Å². The summed E-state index contributed by atoms with van der Waals surface area (Å²) in [5.74, 6) is 0.925. The van der Waals surface area contributed by atoms with Crippen molar-refractivity contribution in [2.75, 3.05) is 6.61 Å². The smallest absolute Gasteiger partial charge is 0.122 e. The average molecular weight is 257 g/mol. The van der Waals surface area contributed by atoms with Gasteiger partial charge < -0.3 is 9.47 Å². The molecule has 0 bridgehead atoms. The lowest BCUT2D eigenvalue weighted by atomic mass is 9.77. The zero-order chi connectivity index (χ0) is 13.3. The third-order valence-electron chi connectivity index (χ3n) is 4.18. The number of nitriles is 1. The van der Waals surface area contributed by atoms with Crippen molar-refractivity contribution in [1.29, 1.82) is 5.26 Å². The van der Waals surface area contributed by atoms with E-state index in [0.717, 1.165) is 37.0 Å². The first-order chi connectivity index (χ1) is 9.21. The minimum atomic E-state index is -0.428. The molecule has 3 unspecified atom stereocenters. The van der Waals surface area contributed by atoms with Gasteiger partial charge in [0.1, 0.15) is 12.4 Å². The van der Waals surface area contributed by atoms with Crippen LogP contribution in [0.4, 0.5) is 0 Å². The van der Waals surface area contributed by atoms with Gasteiger partial charge in [0.2, 0.25) is 0 Å². The fourth-order valence-electron chi connectivity index (χ4n) is 3.14. The van der Waals surface area contributed by atoms with E-state index in [4.69, 9.17) is 9.47 Å². The molecule has 0 saturated carbocycles. The lowest BCUT2D eigenvalue weighted by Gasteiger charge is -2.34. The molecule has 3 rings (SSSR count). The third-order valence-corrected chi connectivity index (χ3v) is 4.18. The van der Waals surface area contributed by atoms with Gasteiger partial charge in [-0.05, 0) is 44.2 Å². The van der Waals surface area contributed by atoms with E-state index in [2.05, 4.69) is 19.1 Å². The van der Waals surface area contributed by atoms with Crippen LogP contribution in [0.15, 0.2) is 24.3 Å². The summed E-state index contributed by atoms with van der Waals surface area (Å²) < 4.78 is 11.7. The lowest BCUT2D eigenvalue weighted by Crippen LogP contribution is -2.36. The number of ether oxygens (including phenoxy) is 2. The van der Waals surface area contributed by atoms with Crippen LogP contribution < -0.4 is 4.74 Å². The van der Waals surface area contributed by atoms with Crippen LogP contribution in [0.2, 0.25) is 0 Å². The second kappa shape index (κ2) is 4.86. The zero-order valence-electron chi connectivity index (χ0n) is 11.3. The van der Waals surface area contributed by atoms with Crippen LogP contribution in [0.5, 0.6) is 5.75 Å². The minimum Gasteiger partial charge on any atom is -0.492 e. The van der Waals surface area contributed by atoms with Crippen molar-refractivity contribution < 1.29 is 9.47 Å². The normalized spacial score (nSPS) is 33.3. The topological polar surface area (TPSA) is 42.2 Å². The molecule has 3 nitrogen and oxygen atoms in total. The van der Waals surface area contributed by atoms with Gasteiger partial charge in [0, 0.05) is 0 Å². The van der Waals surface area contributed by atoms with Crippen molar-refractivity contribution in [3.63, 3.8) is 0 Å². The minimum absolute atomic E-state index is 0.212. The quantitative estimate of drug-likeness (QED) is 0.817. The fraction of sp³-hybridized carbons (Fsp3) is 0.562. The zero-order valence-corrected chi connectivity index (χ0v) is 11.3. The fourth-order valence-corrected chi connectivity index (χ4v) is 3.14. The largest absolute Gasteiger partial charge is 0.492 e. The van der Waals surface area contributed by atoms with Crippen molar-refractivity contribution in [2.45, 2.75) is 44.8 Å². The predicted octanol–water partition coefficient (Wildman–Crippen LogP) is 3.09. The first-order valence-corrected chi connectivity index (χ1v) is 6.98. The first-order valence-electron chi connectivity index (χ1n) is 6.98. The molecule has 2 heterocycles. The van der Waals surface area contributed by atoms with Crippen molar-refractivity contribution >= 4 is 0 Å². The highest BCUT2D eigenvalue weighted by Crippen LogP contribution is 2.39. The van der Waals surface area contributed by atoms with E-state index in [9.17, 15) is 5.26 Å². The van der Waals surface area contributed by atoms with Gasteiger partial charge in [-0.15, -0.1) is 0 Å². The van der Waals surface area contributed by atoms with Crippen molar-refractivity contribution in [3.05, 3.63) is 29.8 Å². The summed E-state index contributed by atoms with van der Waals surface area (Å²) in [6.45, 7) is 2.58. The van der Waals surface area contributed by atoms with Crippen LogP contribution in [0.25, 0.3) is 0 Å². The molecule has 2 aliphatic heterocycles. The van der Waals surface area contributed by atoms with Gasteiger partial charge in [0.15, 0.2) is 0 Å². The maximum Gasteiger partial charge on any atom is 0.122 e. The monoisotopic (exact) mass is 257 g/mol. The summed E-state index contributed by atoms with van der Waals surface area (Å²) >= 11 is 0. The second-order valence-electron chi connectivity index (χ2n) is 5.82. The Labute approximate surface area is 114 Å². The summed E-state index contributed by atoms with van der Waals surface area (Å²) in [5.41, 5.74) is 0.713. The standard InChI is InChI=1S/C16H19NO2/c1-12-6-7-14(19-12)9-16(10-17)8-13-4-2-3-5-15(13)18-11-16/h2-5,12,14H,6-9,11H2,1H3. The van der Waals surface area contributed by atoms with Crippen molar-refractivity contribution in [1.82, 2.24) is 0 Å². The Kier molecular flexibility index (Phi) is 3.20. The lowest BCUT2D eigenvalue weighted by molar-refractivity contribution is 0.0190. The molecular formula is C16H19NO2. The first kappa shape index (κ1) is 12.5. The molecule has 0 aliphatic carbocycles. The van der Waals surface area contributed by atoms with E-state index in [1.54, 1.807) is 0 Å². The van der Waals surface area contributed by atoms with Gasteiger partial charge in [0.25, 0.3) is 0 Å². The molecule has 3 heteroatoms. The molecule has 19 heavy (non-hydrogen) atoms. The van der Waals surface area contributed by atoms with Crippen LogP contribution in [-0.4, -0.2) is 18.8 Å². The molecule has 1 saturated heterocycles. The summed E-state index contributed by atoms with van der Waals surface area (Å²) in [6.07, 6.45) is 4.26. The molecule has 1 aromatic rings. The molecule has 2 aliphatic rings. The van der Waals surface area contributed by atoms with Gasteiger partial charge >= 0.3 is 0 Å². The Hall–Kier alpha value is -1.53. The molecule has 1 fully saturated rings. The predicted molar refractivity (Wildman–Crippen MR) is 71.9 cm³/mol. The van der Waals surface area contributed by atoms with E-state index in [1.807, 2.05) is 18.2 Å². The highest BCUT2D eigenvalue weighted by atomic mass is 16.5. The number of fused-ring (bicyclic) bond motifs is 1. The SMILES string of the molecule is CC1CCC(CC2(C#N)COc3ccccc3C2)O1. The van der Waals surface area contributed by atoms with Gasteiger partial charge in [-0.3, -0.25) is 0 Å². The van der Waals surface area contributed by atoms with Gasteiger partial charge in [0.05, 0.1) is 23.7 Å². The van der Waals surface area contributed by atoms with Crippen LogP contribution in [0.1, 0.15) is 31.7 Å². The second-order valence-corrected chi connectivity index (χ2v) is 5.82. The summed E-state index contributed by atoms with van der Waals surface area (Å²) in [4.78, 5) is 0. The van der Waals surface area contributed by atoms with Gasteiger partial charge in [-0.1, -0.05) is 18.2 Å². The molecule has 1 aromatic carbocycles. The van der Waals surface area contributed by atoms with Crippen molar-refractivity contribution in [2.24, 2.45) is 5.41 Å². The number of benzene rings is 1. The Balaban J connectivity index is 1.77. The molecule has 0 N–H and O–H groups in total. The molecule has 0 spiro atoms. The maximum atomic E-state index is 9.61. The maximum absolute atomic E-state index is 9.61. The summed E-state index contributed by atoms with van der Waals surface area (Å²) in [7, 11) is 0. The number of nitrogens with zero attached hydrogens (tertiary/aromatic N) is 1. The third kappa shape index (κ3) is 2.46. The highest BCUT2D eigenvalue weighted by molar-refractivity contribution is 5.37. The molecule has 0 radical (unpaired) electrons. The molecule has 100 valence electrons. The van der Waals surface area contributed by atoms with E-state index >= 15 is 0 Å². The van der Waals surface area contributed by atoms with Crippen LogP contribution >= 0.6 is 0 Å². The van der Waals surface area contributed by atoms with Crippen LogP contribution in [0.3, 0.4) is 0 Å². The van der Waals surface area contributed by atoms with Gasteiger partial charge in [-0.25, -0.2) is 0 Å². The number of rotatable bonds is 2. The van der Waals surface area contributed by atoms with E-state index in [-0.39, 0.29) is 6.10 Å². The molecule has 0 aromatic heterocycles. The van der Waals surface area contributed by atoms with Crippen LogP contribution in [0, 0.1) is 16.7 Å². The Morgan fingerprint density at radius 2 is 2.21 bits per heavy atom. The average Bonchev–Trinajstić information content (AvgIpc) is 2.84. The van der Waals surface area contributed by atoms with E-state index in [0.29, 0.717) is 12.7 Å². The Morgan fingerprint density at radius 1 is 1.37 bits per heavy atom. The Bertz CT molecular complexity index is 508. The highest BCUT2D eigenvalue weighted by Gasteiger charge is 2.40. The molecule has 3 atom stereocenters. The van der Waals surface area contributed by atoms with E-state index in [1.165, 1.54) is 0 Å². The number of hydrogen-bond donors (Lipinski definition) is 0. The molecule has 0 amide bonds. The Morgan fingerprint density at radius 3 is 2.95 bits per heavy atom. The van der Waals surface area contributed by atoms with Crippen molar-refractivity contribution in [3.8, 4) is 11.8 Å². The summed E-state index contributed by atoms with van der Waals surface area (Å²) in [5, 5.41) is 9.61. The molecular weight excluding hydrogens is 238 g/mol.